The highest BCUT2D eigenvalue weighted by atomic mass is 15.0. The predicted octanol–water partition coefficient (Wildman–Crippen LogP) is 15.3. The van der Waals surface area contributed by atoms with Gasteiger partial charge in [0, 0.05) is 38.6 Å². The molecule has 1 aliphatic carbocycles. The molecule has 4 heteroatoms. The van der Waals surface area contributed by atoms with E-state index in [0.29, 0.717) is 17.5 Å². The monoisotopic (exact) mass is 818 g/mol. The summed E-state index contributed by atoms with van der Waals surface area (Å²) in [6.07, 6.45) is 0. The van der Waals surface area contributed by atoms with E-state index in [-0.39, 0.29) is 5.41 Å². The Balaban J connectivity index is 0.981. The van der Waals surface area contributed by atoms with Crippen molar-refractivity contribution in [3.05, 3.63) is 230 Å². The fourth-order valence-electron chi connectivity index (χ4n) is 9.75. The Hall–Kier alpha value is -8.21. The molecule has 0 bridgehead atoms. The van der Waals surface area contributed by atoms with E-state index in [1.165, 1.54) is 60.8 Å². The van der Waals surface area contributed by atoms with Crippen molar-refractivity contribution in [1.29, 1.82) is 0 Å². The molecule has 2 heterocycles. The predicted molar refractivity (Wildman–Crippen MR) is 264 cm³/mol. The van der Waals surface area contributed by atoms with Crippen LogP contribution >= 0.6 is 0 Å². The van der Waals surface area contributed by atoms with Gasteiger partial charge in [0.2, 0.25) is 0 Å². The highest BCUT2D eigenvalue weighted by molar-refractivity contribution is 6.12. The van der Waals surface area contributed by atoms with E-state index in [0.717, 1.165) is 39.0 Å². The molecule has 0 saturated carbocycles. The number of benzene rings is 9. The van der Waals surface area contributed by atoms with Gasteiger partial charge in [-0.3, -0.25) is 0 Å². The lowest BCUT2D eigenvalue weighted by Crippen LogP contribution is -2.14. The highest BCUT2D eigenvalue weighted by Crippen LogP contribution is 2.50. The van der Waals surface area contributed by atoms with Crippen LogP contribution in [0, 0.1) is 0 Å². The molecule has 0 unspecified atom stereocenters. The molecule has 0 aliphatic heterocycles. The van der Waals surface area contributed by atoms with Gasteiger partial charge in [-0.1, -0.05) is 190 Å². The van der Waals surface area contributed by atoms with Gasteiger partial charge in [0.25, 0.3) is 0 Å². The fourth-order valence-corrected chi connectivity index (χ4v) is 9.75. The fraction of sp³-hybridized carbons (Fsp3) is 0.0500. The molecule has 9 aromatic carbocycles. The molecule has 0 amide bonds. The molecule has 0 atom stereocenters. The number of aromatic nitrogens is 4. The van der Waals surface area contributed by atoms with Gasteiger partial charge in [-0.05, 0) is 98.1 Å². The van der Waals surface area contributed by atoms with Crippen LogP contribution in [-0.2, 0) is 5.41 Å². The highest BCUT2D eigenvalue weighted by Gasteiger charge is 2.35. The summed E-state index contributed by atoms with van der Waals surface area (Å²) in [4.78, 5) is 14.9. The Morgan fingerprint density at radius 3 is 1.33 bits per heavy atom. The first-order chi connectivity index (χ1) is 31.5. The average Bonchev–Trinajstić information content (AvgIpc) is 3.81. The largest absolute Gasteiger partial charge is 0.309 e. The summed E-state index contributed by atoms with van der Waals surface area (Å²) >= 11 is 0. The minimum Gasteiger partial charge on any atom is -0.309 e. The SMILES string of the molecule is CC1(C)c2ccccc2-c2ccc(-c3ccc4c(c3)c3cc(-c5ccc(-c6nc(-c7ccccc7)nc(-c7ccccc7)n6)cc5)ccc3n4-c3cccc(-c4ccccc4)c3)cc21. The Labute approximate surface area is 372 Å². The summed E-state index contributed by atoms with van der Waals surface area (Å²) in [5.74, 6) is 1.94. The Morgan fingerprint density at radius 1 is 0.312 bits per heavy atom. The first kappa shape index (κ1) is 37.5. The van der Waals surface area contributed by atoms with Crippen LogP contribution in [0.3, 0.4) is 0 Å². The maximum Gasteiger partial charge on any atom is 0.164 e. The molecule has 0 radical (unpaired) electrons. The van der Waals surface area contributed by atoms with Crippen molar-refractivity contribution in [2.45, 2.75) is 19.3 Å². The molecule has 0 spiro atoms. The van der Waals surface area contributed by atoms with Gasteiger partial charge in [0.1, 0.15) is 0 Å². The third-order valence-corrected chi connectivity index (χ3v) is 13.1. The minimum absolute atomic E-state index is 0.0752. The number of hydrogen-bond acceptors (Lipinski definition) is 3. The Bertz CT molecular complexity index is 3490. The van der Waals surface area contributed by atoms with Gasteiger partial charge in [0.05, 0.1) is 11.0 Å². The molecule has 1 aliphatic rings. The standard InChI is InChI=1S/C60H42N4/c1-60(2)53-24-13-12-23-49(53)50-32-29-47(38-54(50)60)46-31-34-56-52(37-46)51-36-45(30-33-55(51)64(56)48-22-14-21-44(35-48)39-15-6-3-7-16-39)40-25-27-43(28-26-40)59-62-57(41-17-8-4-9-18-41)61-58(63-59)42-19-10-5-11-20-42/h3-38H,1-2H3. The zero-order valence-corrected chi connectivity index (χ0v) is 35.6. The maximum absolute atomic E-state index is 4.98. The topological polar surface area (TPSA) is 43.6 Å². The van der Waals surface area contributed by atoms with E-state index < -0.39 is 0 Å². The van der Waals surface area contributed by atoms with Crippen LogP contribution in [0.5, 0.6) is 0 Å². The second-order valence-corrected chi connectivity index (χ2v) is 17.3. The molecule has 302 valence electrons. The minimum atomic E-state index is -0.0752. The third-order valence-electron chi connectivity index (χ3n) is 13.1. The van der Waals surface area contributed by atoms with Crippen molar-refractivity contribution >= 4 is 21.8 Å². The summed E-state index contributed by atoms with van der Waals surface area (Å²) in [5.41, 5.74) is 18.7. The first-order valence-electron chi connectivity index (χ1n) is 21.9. The van der Waals surface area contributed by atoms with Crippen LogP contribution in [0.15, 0.2) is 218 Å². The lowest BCUT2D eigenvalue weighted by atomic mass is 9.81. The van der Waals surface area contributed by atoms with E-state index in [4.69, 9.17) is 15.0 Å². The lowest BCUT2D eigenvalue weighted by molar-refractivity contribution is 0.660. The van der Waals surface area contributed by atoms with Crippen molar-refractivity contribution in [2.24, 2.45) is 0 Å². The van der Waals surface area contributed by atoms with Crippen LogP contribution in [0.1, 0.15) is 25.0 Å². The number of rotatable bonds is 7. The second-order valence-electron chi connectivity index (χ2n) is 17.3. The molecule has 4 nitrogen and oxygen atoms in total. The zero-order valence-electron chi connectivity index (χ0n) is 35.6. The van der Waals surface area contributed by atoms with Gasteiger partial charge in [-0.15, -0.1) is 0 Å². The first-order valence-corrected chi connectivity index (χ1v) is 21.9. The lowest BCUT2D eigenvalue weighted by Gasteiger charge is -2.22. The molecule has 0 saturated heterocycles. The average molecular weight is 819 g/mol. The van der Waals surface area contributed by atoms with Crippen LogP contribution in [-0.4, -0.2) is 19.5 Å². The number of fused-ring (bicyclic) bond motifs is 6. The molecular formula is C60H42N4. The van der Waals surface area contributed by atoms with E-state index in [2.05, 4.69) is 176 Å². The van der Waals surface area contributed by atoms with Gasteiger partial charge in [-0.2, -0.15) is 0 Å². The summed E-state index contributed by atoms with van der Waals surface area (Å²) in [6, 6.07) is 78.2. The van der Waals surface area contributed by atoms with E-state index >= 15 is 0 Å². The zero-order chi connectivity index (χ0) is 42.8. The number of hydrogen-bond donors (Lipinski definition) is 0. The maximum atomic E-state index is 4.98. The Morgan fingerprint density at radius 2 is 0.719 bits per heavy atom. The number of nitrogens with zero attached hydrogens (tertiary/aromatic N) is 4. The van der Waals surface area contributed by atoms with Crippen LogP contribution in [0.25, 0.3) is 106 Å². The van der Waals surface area contributed by atoms with Crippen LogP contribution in [0.4, 0.5) is 0 Å². The van der Waals surface area contributed by atoms with E-state index in [1.807, 2.05) is 60.7 Å². The van der Waals surface area contributed by atoms with Crippen molar-refractivity contribution in [1.82, 2.24) is 19.5 Å². The molecule has 12 rings (SSSR count). The van der Waals surface area contributed by atoms with Gasteiger partial charge in [0.15, 0.2) is 17.5 Å². The molecule has 0 fully saturated rings. The molecular weight excluding hydrogens is 777 g/mol. The summed E-state index contributed by atoms with van der Waals surface area (Å²) in [6.45, 7) is 4.70. The normalized spacial score (nSPS) is 12.7. The Kier molecular flexibility index (Phi) is 8.80. The van der Waals surface area contributed by atoms with Crippen molar-refractivity contribution in [3.63, 3.8) is 0 Å². The van der Waals surface area contributed by atoms with Crippen molar-refractivity contribution < 1.29 is 0 Å². The second kappa shape index (κ2) is 15.0. The smallest absolute Gasteiger partial charge is 0.164 e. The van der Waals surface area contributed by atoms with Gasteiger partial charge < -0.3 is 4.57 Å². The molecule has 11 aromatic rings. The van der Waals surface area contributed by atoms with E-state index in [1.54, 1.807) is 0 Å². The van der Waals surface area contributed by atoms with E-state index in [9.17, 15) is 0 Å². The van der Waals surface area contributed by atoms with Gasteiger partial charge >= 0.3 is 0 Å². The summed E-state index contributed by atoms with van der Waals surface area (Å²) < 4.78 is 2.42. The summed E-state index contributed by atoms with van der Waals surface area (Å²) in [5, 5.41) is 2.42. The van der Waals surface area contributed by atoms with Crippen molar-refractivity contribution in [2.75, 3.05) is 0 Å². The van der Waals surface area contributed by atoms with Gasteiger partial charge in [-0.25, -0.2) is 15.0 Å². The summed E-state index contributed by atoms with van der Waals surface area (Å²) in [7, 11) is 0. The molecule has 64 heavy (non-hydrogen) atoms. The van der Waals surface area contributed by atoms with Crippen LogP contribution < -0.4 is 0 Å². The third kappa shape index (κ3) is 6.34. The van der Waals surface area contributed by atoms with Crippen molar-refractivity contribution in [3.8, 4) is 84.4 Å². The van der Waals surface area contributed by atoms with Crippen LogP contribution in [0.2, 0.25) is 0 Å². The molecule has 2 aromatic heterocycles. The quantitative estimate of drug-likeness (QED) is 0.161. The molecule has 0 N–H and O–H groups in total.